The topological polar surface area (TPSA) is 84.8 Å². The number of ether oxygens (including phenoxy) is 1. The highest BCUT2D eigenvalue weighted by Gasteiger charge is 2.22. The summed E-state index contributed by atoms with van der Waals surface area (Å²) in [7, 11) is 1.35. The molecule has 0 unspecified atom stereocenters. The molecule has 8 heteroatoms. The molecule has 1 saturated heterocycles. The van der Waals surface area contributed by atoms with Crippen LogP contribution in [0.25, 0.3) is 0 Å². The van der Waals surface area contributed by atoms with E-state index >= 15 is 0 Å². The first-order valence-electron chi connectivity index (χ1n) is 7.54. The van der Waals surface area contributed by atoms with Crippen LogP contribution in [0, 0.1) is 6.92 Å². The number of methoxy groups -OCH3 is 1. The van der Waals surface area contributed by atoms with Crippen molar-refractivity contribution >= 4 is 5.97 Å². The zero-order valence-electron chi connectivity index (χ0n) is 13.3. The molecule has 2 aromatic heterocycles. The molecule has 0 N–H and O–H groups in total. The molecule has 0 bridgehead atoms. The Labute approximate surface area is 134 Å². The Morgan fingerprint density at radius 2 is 1.96 bits per heavy atom. The summed E-state index contributed by atoms with van der Waals surface area (Å²) in [5, 5.41) is 3.80. The van der Waals surface area contributed by atoms with Gasteiger partial charge in [0.2, 0.25) is 11.7 Å². The second-order valence-electron chi connectivity index (χ2n) is 5.55. The molecule has 0 aliphatic carbocycles. The second kappa shape index (κ2) is 6.93. The first-order chi connectivity index (χ1) is 11.2. The molecule has 0 atom stereocenters. The summed E-state index contributed by atoms with van der Waals surface area (Å²) in [6, 6.07) is 1.82. The number of carbonyl (C=O) groups excluding carboxylic acids is 1. The van der Waals surface area contributed by atoms with Gasteiger partial charge in [0, 0.05) is 38.3 Å². The molecule has 3 rings (SSSR count). The average Bonchev–Trinajstić information content (AvgIpc) is 3.17. The van der Waals surface area contributed by atoms with Gasteiger partial charge in [0.25, 0.3) is 0 Å². The first kappa shape index (κ1) is 15.7. The van der Waals surface area contributed by atoms with Gasteiger partial charge in [-0.25, -0.2) is 4.79 Å². The summed E-state index contributed by atoms with van der Waals surface area (Å²) in [4.78, 5) is 20.4. The molecule has 8 nitrogen and oxygen atoms in total. The molecule has 0 aromatic carbocycles. The largest absolute Gasteiger partial charge is 0.463 e. The monoisotopic (exact) mass is 320 g/mol. The Kier molecular flexibility index (Phi) is 4.73. The second-order valence-corrected chi connectivity index (χ2v) is 5.55. The van der Waals surface area contributed by atoms with Crippen molar-refractivity contribution in [3.8, 4) is 0 Å². The Hall–Kier alpha value is -2.19. The van der Waals surface area contributed by atoms with Crippen LogP contribution in [0.4, 0.5) is 0 Å². The molecule has 0 amide bonds. The van der Waals surface area contributed by atoms with Gasteiger partial charge >= 0.3 is 5.97 Å². The predicted molar refractivity (Wildman–Crippen MR) is 79.6 cm³/mol. The highest BCUT2D eigenvalue weighted by atomic mass is 16.5. The maximum absolute atomic E-state index is 11.6. The molecule has 0 radical (unpaired) electrons. The van der Waals surface area contributed by atoms with E-state index in [1.54, 1.807) is 0 Å². The summed E-state index contributed by atoms with van der Waals surface area (Å²) in [5.74, 6) is 1.17. The number of hydrogen-bond acceptors (Lipinski definition) is 8. The molecule has 1 aliphatic heterocycles. The Bertz CT molecular complexity index is 658. The minimum Gasteiger partial charge on any atom is -0.463 e. The summed E-state index contributed by atoms with van der Waals surface area (Å²) in [6.07, 6.45) is 1.52. The maximum atomic E-state index is 11.6. The fraction of sp³-hybridized carbons (Fsp3) is 0.533. The third kappa shape index (κ3) is 3.77. The summed E-state index contributed by atoms with van der Waals surface area (Å²) >= 11 is 0. The molecule has 3 heterocycles. The van der Waals surface area contributed by atoms with E-state index in [1.807, 2.05) is 13.0 Å². The van der Waals surface area contributed by atoms with Crippen LogP contribution < -0.4 is 0 Å². The van der Waals surface area contributed by atoms with Crippen LogP contribution >= 0.6 is 0 Å². The van der Waals surface area contributed by atoms with Gasteiger partial charge in [-0.15, -0.1) is 0 Å². The molecule has 124 valence electrons. The van der Waals surface area contributed by atoms with Gasteiger partial charge in [-0.3, -0.25) is 9.80 Å². The lowest BCUT2D eigenvalue weighted by Gasteiger charge is -2.33. The number of aromatic nitrogens is 2. The van der Waals surface area contributed by atoms with Gasteiger partial charge in [0.15, 0.2) is 5.82 Å². The minimum atomic E-state index is -0.435. The van der Waals surface area contributed by atoms with Crippen molar-refractivity contribution in [1.82, 2.24) is 19.9 Å². The van der Waals surface area contributed by atoms with Crippen molar-refractivity contribution in [2.24, 2.45) is 0 Å². The fourth-order valence-corrected chi connectivity index (χ4v) is 2.67. The van der Waals surface area contributed by atoms with Gasteiger partial charge < -0.3 is 13.7 Å². The normalized spacial score (nSPS) is 16.6. The van der Waals surface area contributed by atoms with Gasteiger partial charge in [0.1, 0.15) is 0 Å². The zero-order valence-corrected chi connectivity index (χ0v) is 13.3. The SMILES string of the molecule is COC(=O)c1occc1CN1CCN(Cc2nc(C)no2)CC1. The Morgan fingerprint density at radius 1 is 1.26 bits per heavy atom. The molecular weight excluding hydrogens is 300 g/mol. The van der Waals surface area contributed by atoms with E-state index in [1.165, 1.54) is 13.4 Å². The summed E-state index contributed by atoms with van der Waals surface area (Å²) < 4.78 is 15.1. The van der Waals surface area contributed by atoms with E-state index in [0.29, 0.717) is 24.8 Å². The van der Waals surface area contributed by atoms with Crippen molar-refractivity contribution in [3.05, 3.63) is 35.4 Å². The molecule has 2 aromatic rings. The number of esters is 1. The van der Waals surface area contributed by atoms with Gasteiger partial charge in [-0.2, -0.15) is 4.98 Å². The van der Waals surface area contributed by atoms with E-state index < -0.39 is 5.97 Å². The number of carbonyl (C=O) groups is 1. The number of nitrogens with zero attached hydrogens (tertiary/aromatic N) is 4. The van der Waals surface area contributed by atoms with Gasteiger partial charge in [-0.1, -0.05) is 5.16 Å². The third-order valence-corrected chi connectivity index (χ3v) is 3.90. The molecule has 1 aliphatic rings. The Morgan fingerprint density at radius 3 is 2.57 bits per heavy atom. The van der Waals surface area contributed by atoms with Crippen LogP contribution in [0.1, 0.15) is 27.8 Å². The third-order valence-electron chi connectivity index (χ3n) is 3.90. The summed E-state index contributed by atoms with van der Waals surface area (Å²) in [5.41, 5.74) is 0.859. The number of furan rings is 1. The van der Waals surface area contributed by atoms with Crippen LogP contribution in [0.15, 0.2) is 21.3 Å². The highest BCUT2D eigenvalue weighted by Crippen LogP contribution is 2.16. The average molecular weight is 320 g/mol. The molecule has 1 fully saturated rings. The number of aryl methyl sites for hydroxylation is 1. The molecule has 0 spiro atoms. The van der Waals surface area contributed by atoms with Crippen molar-refractivity contribution in [1.29, 1.82) is 0 Å². The van der Waals surface area contributed by atoms with Gasteiger partial charge in [-0.05, 0) is 13.0 Å². The van der Waals surface area contributed by atoms with Crippen LogP contribution in [-0.2, 0) is 17.8 Å². The van der Waals surface area contributed by atoms with Crippen molar-refractivity contribution in [2.45, 2.75) is 20.0 Å². The number of piperazine rings is 1. The lowest BCUT2D eigenvalue weighted by atomic mass is 10.2. The van der Waals surface area contributed by atoms with Gasteiger partial charge in [0.05, 0.1) is 19.9 Å². The van der Waals surface area contributed by atoms with E-state index in [0.717, 1.165) is 31.7 Å². The van der Waals surface area contributed by atoms with E-state index in [2.05, 4.69) is 19.9 Å². The molecular formula is C15H20N4O4. The van der Waals surface area contributed by atoms with E-state index in [-0.39, 0.29) is 5.76 Å². The summed E-state index contributed by atoms with van der Waals surface area (Å²) in [6.45, 7) is 6.79. The Balaban J connectivity index is 1.51. The van der Waals surface area contributed by atoms with E-state index in [4.69, 9.17) is 13.7 Å². The zero-order chi connectivity index (χ0) is 16.2. The standard InChI is InChI=1S/C15H20N4O4/c1-11-16-13(23-17-11)10-19-6-4-18(5-7-19)9-12-3-8-22-14(12)15(20)21-2/h3,8H,4-7,9-10H2,1-2H3. The van der Waals surface area contributed by atoms with Crippen molar-refractivity contribution in [3.63, 3.8) is 0 Å². The molecule has 0 saturated carbocycles. The number of rotatable bonds is 5. The first-order valence-corrected chi connectivity index (χ1v) is 7.54. The quantitative estimate of drug-likeness (QED) is 0.757. The van der Waals surface area contributed by atoms with Crippen molar-refractivity contribution in [2.75, 3.05) is 33.3 Å². The smallest absolute Gasteiger partial charge is 0.374 e. The lowest BCUT2D eigenvalue weighted by Crippen LogP contribution is -2.45. The van der Waals surface area contributed by atoms with Crippen LogP contribution in [0.5, 0.6) is 0 Å². The highest BCUT2D eigenvalue weighted by molar-refractivity contribution is 5.87. The maximum Gasteiger partial charge on any atom is 0.374 e. The minimum absolute atomic E-state index is 0.288. The van der Waals surface area contributed by atoms with Crippen LogP contribution in [0.2, 0.25) is 0 Å². The van der Waals surface area contributed by atoms with Crippen LogP contribution in [-0.4, -0.2) is 59.2 Å². The molecule has 23 heavy (non-hydrogen) atoms. The van der Waals surface area contributed by atoms with Crippen LogP contribution in [0.3, 0.4) is 0 Å². The lowest BCUT2D eigenvalue weighted by molar-refractivity contribution is 0.0559. The fourth-order valence-electron chi connectivity index (χ4n) is 2.67. The van der Waals surface area contributed by atoms with E-state index in [9.17, 15) is 4.79 Å². The van der Waals surface area contributed by atoms with Crippen molar-refractivity contribution < 1.29 is 18.5 Å². The predicted octanol–water partition coefficient (Wildman–Crippen LogP) is 1.08. The number of hydrogen-bond donors (Lipinski definition) is 0.